The molecule has 1 aliphatic rings. The molecule has 1 amide bonds. The maximum Gasteiger partial charge on any atom is 0.222 e. The zero-order chi connectivity index (χ0) is 12.6. The van der Waals surface area contributed by atoms with Crippen LogP contribution in [0.25, 0.3) is 0 Å². The van der Waals surface area contributed by atoms with E-state index in [1.165, 1.54) is 6.33 Å². The maximum absolute atomic E-state index is 11.5. The van der Waals surface area contributed by atoms with Crippen LogP contribution in [0.15, 0.2) is 6.33 Å². The molecule has 7 heteroatoms. The van der Waals surface area contributed by atoms with Crippen molar-refractivity contribution in [3.05, 3.63) is 12.2 Å². The molecule has 18 heavy (non-hydrogen) atoms. The number of aromatic nitrogens is 3. The first-order chi connectivity index (χ1) is 8.84. The van der Waals surface area contributed by atoms with E-state index in [0.29, 0.717) is 31.5 Å². The molecule has 0 spiro atoms. The Morgan fingerprint density at radius 3 is 3.06 bits per heavy atom. The Kier molecular flexibility index (Phi) is 5.10. The van der Waals surface area contributed by atoms with Gasteiger partial charge in [0, 0.05) is 6.42 Å². The van der Waals surface area contributed by atoms with Crippen LogP contribution in [0.1, 0.15) is 25.1 Å². The Bertz CT molecular complexity index is 348. The molecule has 0 aliphatic carbocycles. The number of hydrogen-bond donors (Lipinski definition) is 3. The predicted molar refractivity (Wildman–Crippen MR) is 64.7 cm³/mol. The van der Waals surface area contributed by atoms with Crippen LogP contribution in [-0.4, -0.2) is 46.9 Å². The van der Waals surface area contributed by atoms with Gasteiger partial charge in [0.05, 0.1) is 19.3 Å². The summed E-state index contributed by atoms with van der Waals surface area (Å²) in [5, 5.41) is 12.4. The molecule has 0 unspecified atom stereocenters. The van der Waals surface area contributed by atoms with E-state index in [-0.39, 0.29) is 5.91 Å². The summed E-state index contributed by atoms with van der Waals surface area (Å²) in [6.45, 7) is 2.86. The lowest BCUT2D eigenvalue weighted by Gasteiger charge is -2.22. The van der Waals surface area contributed by atoms with Gasteiger partial charge in [0.25, 0.3) is 0 Å². The number of rotatable bonds is 6. The third-order valence-electron chi connectivity index (χ3n) is 2.89. The van der Waals surface area contributed by atoms with Crippen LogP contribution in [0.3, 0.4) is 0 Å². The van der Waals surface area contributed by atoms with E-state index in [4.69, 9.17) is 4.74 Å². The van der Waals surface area contributed by atoms with Crippen molar-refractivity contribution in [1.82, 2.24) is 25.8 Å². The molecule has 0 aromatic carbocycles. The summed E-state index contributed by atoms with van der Waals surface area (Å²) in [4.78, 5) is 15.4. The fraction of sp³-hybridized carbons (Fsp3) is 0.727. The highest BCUT2D eigenvalue weighted by molar-refractivity contribution is 5.75. The first kappa shape index (κ1) is 13.0. The average molecular weight is 253 g/mol. The molecule has 3 N–H and O–H groups in total. The first-order valence-corrected chi connectivity index (χ1v) is 6.28. The normalized spacial score (nSPS) is 16.7. The number of amides is 1. The number of piperidine rings is 1. The van der Waals surface area contributed by atoms with Gasteiger partial charge < -0.3 is 15.4 Å². The molecule has 2 rings (SSSR count). The largest absolute Gasteiger partial charge is 0.378 e. The fourth-order valence-corrected chi connectivity index (χ4v) is 1.87. The van der Waals surface area contributed by atoms with Crippen molar-refractivity contribution in [1.29, 1.82) is 0 Å². The van der Waals surface area contributed by atoms with Crippen LogP contribution >= 0.6 is 0 Å². The van der Waals surface area contributed by atoms with Gasteiger partial charge in [0.1, 0.15) is 12.2 Å². The summed E-state index contributed by atoms with van der Waals surface area (Å²) in [5.41, 5.74) is 0. The van der Waals surface area contributed by atoms with Crippen molar-refractivity contribution in [2.45, 2.75) is 31.9 Å². The lowest BCUT2D eigenvalue weighted by molar-refractivity contribution is -0.122. The molecule has 1 saturated heterocycles. The van der Waals surface area contributed by atoms with E-state index in [9.17, 15) is 4.79 Å². The SMILES string of the molecule is O=C(CCOC1CCNCC1)NCc1ncn[nH]1. The minimum Gasteiger partial charge on any atom is -0.378 e. The number of carbonyl (C=O) groups excluding carboxylic acids is 1. The van der Waals surface area contributed by atoms with Crippen molar-refractivity contribution < 1.29 is 9.53 Å². The Morgan fingerprint density at radius 2 is 2.33 bits per heavy atom. The molecule has 7 nitrogen and oxygen atoms in total. The molecule has 0 bridgehead atoms. The minimum absolute atomic E-state index is 0.0275. The molecule has 0 atom stereocenters. The van der Waals surface area contributed by atoms with Crippen LogP contribution in [0.2, 0.25) is 0 Å². The number of aromatic amines is 1. The second-order valence-corrected chi connectivity index (χ2v) is 4.28. The number of ether oxygens (including phenoxy) is 1. The molecular formula is C11H19N5O2. The van der Waals surface area contributed by atoms with Gasteiger partial charge >= 0.3 is 0 Å². The smallest absolute Gasteiger partial charge is 0.222 e. The van der Waals surface area contributed by atoms with E-state index >= 15 is 0 Å². The van der Waals surface area contributed by atoms with Crippen molar-refractivity contribution in [2.24, 2.45) is 0 Å². The van der Waals surface area contributed by atoms with Crippen molar-refractivity contribution in [3.63, 3.8) is 0 Å². The summed E-state index contributed by atoms with van der Waals surface area (Å²) in [6.07, 6.45) is 4.16. The summed E-state index contributed by atoms with van der Waals surface area (Å²) in [5.74, 6) is 0.628. The minimum atomic E-state index is -0.0275. The Labute approximate surface area is 106 Å². The number of nitrogens with one attached hydrogen (secondary N) is 3. The van der Waals surface area contributed by atoms with Crippen molar-refractivity contribution in [3.8, 4) is 0 Å². The molecule has 0 saturated carbocycles. The van der Waals surface area contributed by atoms with Crippen molar-refractivity contribution >= 4 is 5.91 Å². The quantitative estimate of drug-likeness (QED) is 0.640. The summed E-state index contributed by atoms with van der Waals surface area (Å²) < 4.78 is 5.65. The highest BCUT2D eigenvalue weighted by Gasteiger charge is 2.13. The third kappa shape index (κ3) is 4.42. The summed E-state index contributed by atoms with van der Waals surface area (Å²) >= 11 is 0. The van der Waals surface area contributed by atoms with Gasteiger partial charge in [-0.15, -0.1) is 0 Å². The van der Waals surface area contributed by atoms with Gasteiger partial charge in [0.15, 0.2) is 0 Å². The number of hydrogen-bond acceptors (Lipinski definition) is 5. The first-order valence-electron chi connectivity index (χ1n) is 6.28. The summed E-state index contributed by atoms with van der Waals surface area (Å²) in [6, 6.07) is 0. The number of nitrogens with zero attached hydrogens (tertiary/aromatic N) is 2. The van der Waals surface area contributed by atoms with Crippen LogP contribution in [0.5, 0.6) is 0 Å². The van der Waals surface area contributed by atoms with E-state index < -0.39 is 0 Å². The molecule has 1 aromatic rings. The number of carbonyl (C=O) groups is 1. The monoisotopic (exact) mass is 253 g/mol. The van der Waals surface area contributed by atoms with Gasteiger partial charge in [-0.1, -0.05) is 0 Å². The third-order valence-corrected chi connectivity index (χ3v) is 2.89. The Morgan fingerprint density at radius 1 is 1.50 bits per heavy atom. The van der Waals surface area contributed by atoms with Gasteiger partial charge in [-0.05, 0) is 25.9 Å². The zero-order valence-electron chi connectivity index (χ0n) is 10.3. The van der Waals surface area contributed by atoms with E-state index in [2.05, 4.69) is 25.8 Å². The second-order valence-electron chi connectivity index (χ2n) is 4.28. The van der Waals surface area contributed by atoms with E-state index in [0.717, 1.165) is 25.9 Å². The average Bonchev–Trinajstić information content (AvgIpc) is 2.91. The van der Waals surface area contributed by atoms with Crippen LogP contribution in [0, 0.1) is 0 Å². The predicted octanol–water partition coefficient (Wildman–Crippen LogP) is -0.420. The molecule has 1 aromatic heterocycles. The topological polar surface area (TPSA) is 91.9 Å². The molecule has 100 valence electrons. The molecule has 0 radical (unpaired) electrons. The Balaban J connectivity index is 1.54. The maximum atomic E-state index is 11.5. The fourth-order valence-electron chi connectivity index (χ4n) is 1.87. The standard InChI is InChI=1S/C11H19N5O2/c17-11(13-7-10-14-8-15-16-10)3-6-18-9-1-4-12-5-2-9/h8-9,12H,1-7H2,(H,13,17)(H,14,15,16). The number of H-pyrrole nitrogens is 1. The lowest BCUT2D eigenvalue weighted by atomic mass is 10.1. The highest BCUT2D eigenvalue weighted by Crippen LogP contribution is 2.07. The molecular weight excluding hydrogens is 234 g/mol. The lowest BCUT2D eigenvalue weighted by Crippen LogP contribution is -2.33. The van der Waals surface area contributed by atoms with Crippen molar-refractivity contribution in [2.75, 3.05) is 19.7 Å². The van der Waals surface area contributed by atoms with Gasteiger partial charge in [-0.3, -0.25) is 9.89 Å². The Hall–Kier alpha value is -1.47. The second kappa shape index (κ2) is 7.07. The summed E-state index contributed by atoms with van der Waals surface area (Å²) in [7, 11) is 0. The van der Waals surface area contributed by atoms with Gasteiger partial charge in [0.2, 0.25) is 5.91 Å². The van der Waals surface area contributed by atoms with Crippen LogP contribution in [0.4, 0.5) is 0 Å². The van der Waals surface area contributed by atoms with Gasteiger partial charge in [-0.2, -0.15) is 5.10 Å². The zero-order valence-corrected chi connectivity index (χ0v) is 10.3. The van der Waals surface area contributed by atoms with Gasteiger partial charge in [-0.25, -0.2) is 4.98 Å². The van der Waals surface area contributed by atoms with Crippen LogP contribution in [-0.2, 0) is 16.1 Å². The molecule has 1 fully saturated rings. The highest BCUT2D eigenvalue weighted by atomic mass is 16.5. The van der Waals surface area contributed by atoms with E-state index in [1.807, 2.05) is 0 Å². The molecule has 2 heterocycles. The van der Waals surface area contributed by atoms with E-state index in [1.54, 1.807) is 0 Å². The van der Waals surface area contributed by atoms with Crippen LogP contribution < -0.4 is 10.6 Å². The molecule has 1 aliphatic heterocycles.